The van der Waals surface area contributed by atoms with Gasteiger partial charge in [-0.3, -0.25) is 9.48 Å². The lowest BCUT2D eigenvalue weighted by molar-refractivity contribution is 0.0944. The molecule has 1 amide bonds. The van der Waals surface area contributed by atoms with Crippen molar-refractivity contribution in [2.45, 2.75) is 19.0 Å². The molecule has 2 aliphatic heterocycles. The number of carbonyl (C=O) groups excluding carboxylic acids is 1. The van der Waals surface area contributed by atoms with Gasteiger partial charge in [0.1, 0.15) is 0 Å². The van der Waals surface area contributed by atoms with E-state index in [-0.39, 0.29) is 35.9 Å². The Labute approximate surface area is 179 Å². The van der Waals surface area contributed by atoms with E-state index < -0.39 is 9.84 Å². The highest BCUT2D eigenvalue weighted by Crippen LogP contribution is 2.33. The van der Waals surface area contributed by atoms with Crippen molar-refractivity contribution < 1.29 is 22.7 Å². The van der Waals surface area contributed by atoms with Crippen molar-refractivity contribution in [2.24, 2.45) is 0 Å². The summed E-state index contributed by atoms with van der Waals surface area (Å²) in [5.41, 5.74) is 2.75. The standard InChI is InChI=1S/C22H21N3O5S/c26-22(23-12-15-6-7-20-21(10-15)30-14-29-20)18-11-19(16-4-2-1-3-5-16)25(24-18)17-8-9-31(27,28)13-17/h1-7,10-11,17H,8-9,12-14H2,(H,23,26)/t17-/m1/s1. The van der Waals surface area contributed by atoms with Crippen LogP contribution in [0.2, 0.25) is 0 Å². The molecule has 0 unspecified atom stereocenters. The molecule has 160 valence electrons. The van der Waals surface area contributed by atoms with Gasteiger partial charge in [0.15, 0.2) is 27.0 Å². The number of sulfone groups is 1. The van der Waals surface area contributed by atoms with Crippen molar-refractivity contribution in [1.29, 1.82) is 0 Å². The minimum Gasteiger partial charge on any atom is -0.454 e. The molecule has 0 saturated carbocycles. The summed E-state index contributed by atoms with van der Waals surface area (Å²) in [6.45, 7) is 0.503. The van der Waals surface area contributed by atoms with Gasteiger partial charge in [-0.1, -0.05) is 36.4 Å². The number of ether oxygens (including phenoxy) is 2. The summed E-state index contributed by atoms with van der Waals surface area (Å²) in [4.78, 5) is 12.8. The summed E-state index contributed by atoms with van der Waals surface area (Å²) in [6.07, 6.45) is 0.488. The lowest BCUT2D eigenvalue weighted by Gasteiger charge is -2.13. The Hall–Kier alpha value is -3.33. The Morgan fingerprint density at radius 1 is 1.10 bits per heavy atom. The summed E-state index contributed by atoms with van der Waals surface area (Å²) in [7, 11) is -3.09. The second-order valence-corrected chi connectivity index (χ2v) is 9.88. The third kappa shape index (κ3) is 4.00. The smallest absolute Gasteiger partial charge is 0.272 e. The van der Waals surface area contributed by atoms with Gasteiger partial charge in [-0.15, -0.1) is 0 Å². The second kappa shape index (κ2) is 7.73. The topological polar surface area (TPSA) is 99.5 Å². The molecule has 5 rings (SSSR count). The first-order valence-corrected chi connectivity index (χ1v) is 11.8. The maximum absolute atomic E-state index is 12.8. The van der Waals surface area contributed by atoms with Crippen molar-refractivity contribution in [3.8, 4) is 22.8 Å². The van der Waals surface area contributed by atoms with Crippen LogP contribution in [-0.4, -0.2) is 42.4 Å². The average molecular weight is 439 g/mol. The zero-order chi connectivity index (χ0) is 21.4. The average Bonchev–Trinajstić information content (AvgIpc) is 3.50. The van der Waals surface area contributed by atoms with Crippen LogP contribution in [0.5, 0.6) is 11.5 Å². The van der Waals surface area contributed by atoms with Crippen LogP contribution in [-0.2, 0) is 16.4 Å². The van der Waals surface area contributed by atoms with E-state index in [1.807, 2.05) is 48.5 Å². The quantitative estimate of drug-likeness (QED) is 0.656. The number of nitrogens with zero attached hydrogens (tertiary/aromatic N) is 2. The molecule has 1 atom stereocenters. The first-order valence-electron chi connectivity index (χ1n) is 10.0. The van der Waals surface area contributed by atoms with Gasteiger partial charge in [0.25, 0.3) is 5.91 Å². The van der Waals surface area contributed by atoms with Crippen molar-refractivity contribution in [3.05, 3.63) is 65.9 Å². The number of fused-ring (bicyclic) bond motifs is 1. The summed E-state index contributed by atoms with van der Waals surface area (Å²) < 4.78 is 36.4. The van der Waals surface area contributed by atoms with E-state index in [1.165, 1.54) is 0 Å². The molecule has 8 nitrogen and oxygen atoms in total. The first kappa shape index (κ1) is 19.6. The molecule has 1 aromatic heterocycles. The van der Waals surface area contributed by atoms with Gasteiger partial charge in [0.2, 0.25) is 6.79 Å². The molecule has 9 heteroatoms. The van der Waals surface area contributed by atoms with Crippen LogP contribution < -0.4 is 14.8 Å². The predicted octanol–water partition coefficient (Wildman–Crippen LogP) is 2.57. The third-order valence-corrected chi connectivity index (χ3v) is 7.23. The van der Waals surface area contributed by atoms with Crippen LogP contribution in [0.1, 0.15) is 28.5 Å². The summed E-state index contributed by atoms with van der Waals surface area (Å²) in [5, 5.41) is 7.38. The molecule has 1 fully saturated rings. The monoisotopic (exact) mass is 439 g/mol. The summed E-state index contributed by atoms with van der Waals surface area (Å²) in [5.74, 6) is 1.19. The highest BCUT2D eigenvalue weighted by molar-refractivity contribution is 7.91. The van der Waals surface area contributed by atoms with E-state index in [9.17, 15) is 13.2 Å². The van der Waals surface area contributed by atoms with Gasteiger partial charge < -0.3 is 14.8 Å². The fourth-order valence-corrected chi connectivity index (χ4v) is 5.59. The van der Waals surface area contributed by atoms with Gasteiger partial charge in [-0.2, -0.15) is 5.10 Å². The Morgan fingerprint density at radius 3 is 2.68 bits per heavy atom. The van der Waals surface area contributed by atoms with E-state index >= 15 is 0 Å². The SMILES string of the molecule is O=C(NCc1ccc2c(c1)OCO2)c1cc(-c2ccccc2)n([C@@H]2CCS(=O)(=O)C2)n1. The van der Waals surface area contributed by atoms with Crippen molar-refractivity contribution in [3.63, 3.8) is 0 Å². The molecule has 2 aliphatic rings. The molecule has 0 bridgehead atoms. The Morgan fingerprint density at radius 2 is 1.90 bits per heavy atom. The minimum atomic E-state index is -3.09. The van der Waals surface area contributed by atoms with E-state index in [0.717, 1.165) is 16.8 Å². The highest BCUT2D eigenvalue weighted by atomic mass is 32.2. The Balaban J connectivity index is 1.39. The number of carbonyl (C=O) groups is 1. The molecule has 1 saturated heterocycles. The van der Waals surface area contributed by atoms with Gasteiger partial charge >= 0.3 is 0 Å². The fraction of sp³-hybridized carbons (Fsp3) is 0.273. The number of rotatable bonds is 5. The fourth-order valence-electron chi connectivity index (χ4n) is 3.90. The summed E-state index contributed by atoms with van der Waals surface area (Å²) in [6, 6.07) is 16.5. The number of nitrogens with one attached hydrogen (secondary N) is 1. The maximum atomic E-state index is 12.8. The Kier molecular flexibility index (Phi) is 4.90. The van der Waals surface area contributed by atoms with Crippen molar-refractivity contribution in [2.75, 3.05) is 18.3 Å². The highest BCUT2D eigenvalue weighted by Gasteiger charge is 2.32. The molecule has 1 N–H and O–H groups in total. The molecule has 0 aliphatic carbocycles. The van der Waals surface area contributed by atoms with E-state index in [1.54, 1.807) is 10.7 Å². The molecule has 0 spiro atoms. The maximum Gasteiger partial charge on any atom is 0.272 e. The van der Waals surface area contributed by atoms with E-state index in [2.05, 4.69) is 10.4 Å². The lowest BCUT2D eigenvalue weighted by Crippen LogP contribution is -2.24. The van der Waals surface area contributed by atoms with Crippen molar-refractivity contribution in [1.82, 2.24) is 15.1 Å². The van der Waals surface area contributed by atoms with Gasteiger partial charge in [0.05, 0.1) is 23.2 Å². The molecule has 31 heavy (non-hydrogen) atoms. The van der Waals surface area contributed by atoms with E-state index in [0.29, 0.717) is 24.5 Å². The number of aromatic nitrogens is 2. The van der Waals surface area contributed by atoms with Crippen LogP contribution in [0, 0.1) is 0 Å². The zero-order valence-corrected chi connectivity index (χ0v) is 17.5. The van der Waals surface area contributed by atoms with Gasteiger partial charge in [0, 0.05) is 6.54 Å². The molecule has 3 aromatic rings. The van der Waals surface area contributed by atoms with Crippen LogP contribution >= 0.6 is 0 Å². The molecule has 3 heterocycles. The number of benzene rings is 2. The largest absolute Gasteiger partial charge is 0.454 e. The van der Waals surface area contributed by atoms with E-state index in [4.69, 9.17) is 9.47 Å². The molecule has 0 radical (unpaired) electrons. The molecular formula is C22H21N3O5S. The molecule has 2 aromatic carbocycles. The number of amides is 1. The van der Waals surface area contributed by atoms with Crippen LogP contribution in [0.4, 0.5) is 0 Å². The van der Waals surface area contributed by atoms with Gasteiger partial charge in [-0.25, -0.2) is 8.42 Å². The zero-order valence-electron chi connectivity index (χ0n) is 16.7. The van der Waals surface area contributed by atoms with Crippen LogP contribution in [0.15, 0.2) is 54.6 Å². The normalized spacial score (nSPS) is 18.8. The number of hydrogen-bond acceptors (Lipinski definition) is 6. The summed E-state index contributed by atoms with van der Waals surface area (Å²) >= 11 is 0. The predicted molar refractivity (Wildman–Crippen MR) is 114 cm³/mol. The van der Waals surface area contributed by atoms with Crippen molar-refractivity contribution >= 4 is 15.7 Å². The molecular weight excluding hydrogens is 418 g/mol. The third-order valence-electron chi connectivity index (χ3n) is 5.48. The Bertz CT molecular complexity index is 1240. The minimum absolute atomic E-state index is 0.0345. The number of hydrogen-bond donors (Lipinski definition) is 1. The van der Waals surface area contributed by atoms with Crippen LogP contribution in [0.25, 0.3) is 11.3 Å². The van der Waals surface area contributed by atoms with Gasteiger partial charge in [-0.05, 0) is 35.7 Å². The first-order chi connectivity index (χ1) is 15.0. The second-order valence-electron chi connectivity index (χ2n) is 7.65. The van der Waals surface area contributed by atoms with Crippen LogP contribution in [0.3, 0.4) is 0 Å². The lowest BCUT2D eigenvalue weighted by atomic mass is 10.1.